The highest BCUT2D eigenvalue weighted by Gasteiger charge is 2.40. The number of carbonyl (C=O) groups excluding carboxylic acids is 2. The molecule has 322 valence electrons. The van der Waals surface area contributed by atoms with E-state index in [2.05, 4.69) is 18.8 Å². The van der Waals surface area contributed by atoms with Crippen LogP contribution in [0.4, 0.5) is 18.9 Å². The van der Waals surface area contributed by atoms with Crippen LogP contribution in [0.25, 0.3) is 0 Å². The van der Waals surface area contributed by atoms with Gasteiger partial charge in [-0.05, 0) is 60.6 Å². The first-order chi connectivity index (χ1) is 26.4. The maximum absolute atomic E-state index is 12.7. The van der Waals surface area contributed by atoms with Crippen molar-refractivity contribution in [3.63, 3.8) is 0 Å². The lowest BCUT2D eigenvalue weighted by Gasteiger charge is -2.16. The zero-order valence-electron chi connectivity index (χ0n) is 31.5. The minimum absolute atomic E-state index is 0.00687. The van der Waals surface area contributed by atoms with E-state index in [0.717, 1.165) is 29.8 Å². The van der Waals surface area contributed by atoms with Gasteiger partial charge in [0.05, 0.1) is 71.9 Å². The van der Waals surface area contributed by atoms with E-state index in [4.69, 9.17) is 42.8 Å². The van der Waals surface area contributed by atoms with Crippen molar-refractivity contribution in [3.05, 3.63) is 97.5 Å². The normalized spacial score (nSPS) is 14.4. The van der Waals surface area contributed by atoms with Gasteiger partial charge in [-0.2, -0.15) is 13.2 Å². The van der Waals surface area contributed by atoms with E-state index >= 15 is 0 Å². The number of halogens is 5. The number of aliphatic carboxylic acids is 1. The average molecular weight is 924 g/mol. The number of amides is 2. The van der Waals surface area contributed by atoms with Crippen LogP contribution in [0.2, 0.25) is 10.0 Å². The number of sulfonamides is 1. The molecule has 1 atom stereocenters. The second-order valence-corrected chi connectivity index (χ2v) is 19.4. The van der Waals surface area contributed by atoms with E-state index in [0.29, 0.717) is 47.5 Å². The van der Waals surface area contributed by atoms with Gasteiger partial charge in [0.2, 0.25) is 10.0 Å². The van der Waals surface area contributed by atoms with E-state index in [1.54, 1.807) is 4.72 Å². The Labute approximate surface area is 344 Å². The van der Waals surface area contributed by atoms with Crippen molar-refractivity contribution in [1.29, 1.82) is 0 Å². The molecule has 0 aromatic heterocycles. The van der Waals surface area contributed by atoms with Crippen LogP contribution in [0.5, 0.6) is 11.5 Å². The number of alkyl halides is 3. The number of carboxylic acids is 1. The second kappa shape index (κ2) is 22.4. The van der Waals surface area contributed by atoms with Crippen LogP contribution in [0.15, 0.2) is 60.7 Å². The summed E-state index contributed by atoms with van der Waals surface area (Å²) in [7, 11) is -7.71. The number of carbonyl (C=O) groups is 3. The maximum Gasteiger partial charge on any atom is 0.416 e. The van der Waals surface area contributed by atoms with Crippen LogP contribution < -0.4 is 19.7 Å². The molecule has 1 saturated heterocycles. The largest absolute Gasteiger partial charge is 0.778 e. The monoisotopic (exact) mass is 922 g/mol. The first-order valence-corrected chi connectivity index (χ1v) is 22.8. The van der Waals surface area contributed by atoms with Gasteiger partial charge < -0.3 is 24.2 Å². The molecule has 3 aromatic rings. The SMILES string of the molecule is CC1(C)CON(Cc2ccccc2Cl)C1=O.CS(=O)(=O)NC(=O)c1cc(Oc2ccc(C(F)(F)F)cc2Cl)ccc1[N+](=O)[O-].C[S+](C)C.O=C(O)CNCP(=O)([O-])O. The van der Waals surface area contributed by atoms with Crippen LogP contribution >= 0.6 is 30.8 Å². The minimum Gasteiger partial charge on any atom is -0.778 e. The molecule has 1 aliphatic heterocycles. The molecular weight excluding hydrogens is 883 g/mol. The lowest BCUT2D eigenvalue weighted by Crippen LogP contribution is -2.30. The number of nitrogens with zero attached hydrogens (tertiary/aromatic N) is 2. The topological polar surface area (TPSA) is 255 Å². The Morgan fingerprint density at radius 1 is 1.09 bits per heavy atom. The molecule has 0 radical (unpaired) electrons. The molecule has 25 heteroatoms. The highest BCUT2D eigenvalue weighted by Crippen LogP contribution is 2.37. The second-order valence-electron chi connectivity index (χ2n) is 12.8. The van der Waals surface area contributed by atoms with Crippen LogP contribution in [-0.4, -0.2) is 90.6 Å². The van der Waals surface area contributed by atoms with E-state index in [1.807, 2.05) is 43.4 Å². The van der Waals surface area contributed by atoms with Crippen molar-refractivity contribution in [2.75, 3.05) is 44.5 Å². The Morgan fingerprint density at radius 3 is 2.12 bits per heavy atom. The van der Waals surface area contributed by atoms with Crippen molar-refractivity contribution in [2.24, 2.45) is 5.41 Å². The quantitative estimate of drug-likeness (QED) is 0.0851. The van der Waals surface area contributed by atoms with Crippen molar-refractivity contribution in [3.8, 4) is 11.5 Å². The molecule has 2 amide bonds. The van der Waals surface area contributed by atoms with Gasteiger partial charge in [-0.3, -0.25) is 34.7 Å². The number of rotatable bonds is 11. The van der Waals surface area contributed by atoms with Crippen LogP contribution in [0.1, 0.15) is 35.3 Å². The van der Waals surface area contributed by atoms with Crippen molar-refractivity contribution in [1.82, 2.24) is 15.1 Å². The molecule has 0 aliphatic carbocycles. The molecule has 58 heavy (non-hydrogen) atoms. The Bertz CT molecular complexity index is 2090. The van der Waals surface area contributed by atoms with Gasteiger partial charge in [-0.25, -0.2) is 18.2 Å². The van der Waals surface area contributed by atoms with Gasteiger partial charge in [0, 0.05) is 17.2 Å². The van der Waals surface area contributed by atoms with Gasteiger partial charge >= 0.3 is 12.1 Å². The molecule has 0 saturated carbocycles. The number of ether oxygens (including phenoxy) is 1. The van der Waals surface area contributed by atoms with Crippen LogP contribution in [-0.2, 0) is 52.6 Å². The third-order valence-corrected chi connectivity index (χ3v) is 8.26. The van der Waals surface area contributed by atoms with Crippen molar-refractivity contribution >= 4 is 75.2 Å². The summed E-state index contributed by atoms with van der Waals surface area (Å²) in [6.45, 7) is 4.11. The standard InChI is InChI=1S/C15H10ClF3N2O6S.C12H14ClNO2.C3H8NO5P.C3H9S/c1-28(25,26)20-14(22)10-7-9(3-4-12(10)21(23)24)27-13-5-2-8(6-11(13)16)15(17,18)19;1-12(2)8-16-14(11(12)15)7-9-5-3-4-6-10(9)13;5-3(6)1-4-2-10(7,8)9;1-4(2)3/h2-7H,1H3,(H,20,22);3-6H,7-8H2,1-2H3;4H,1-2H2,(H,5,6)(H2,7,8,9);1-3H3/q;;;+1/p-1. The predicted molar refractivity (Wildman–Crippen MR) is 209 cm³/mol. The smallest absolute Gasteiger partial charge is 0.416 e. The Morgan fingerprint density at radius 2 is 1.67 bits per heavy atom. The Balaban J connectivity index is 0.000000468. The van der Waals surface area contributed by atoms with Gasteiger partial charge in [0.15, 0.2) is 0 Å². The van der Waals surface area contributed by atoms with E-state index in [9.17, 15) is 55.5 Å². The minimum atomic E-state index is -4.62. The molecule has 0 bridgehead atoms. The Hall–Kier alpha value is -3.99. The maximum atomic E-state index is 12.7. The summed E-state index contributed by atoms with van der Waals surface area (Å²) in [5.41, 5.74) is -1.87. The molecule has 1 aliphatic rings. The summed E-state index contributed by atoms with van der Waals surface area (Å²) < 4.78 is 77.2. The van der Waals surface area contributed by atoms with Gasteiger partial charge in [0.1, 0.15) is 24.7 Å². The first kappa shape index (κ1) is 52.0. The fourth-order valence-electron chi connectivity index (χ4n) is 3.93. The number of hydrogen-bond donors (Lipinski definition) is 4. The molecule has 4 N–H and O–H groups in total. The highest BCUT2D eigenvalue weighted by atomic mass is 35.5. The van der Waals surface area contributed by atoms with E-state index in [1.165, 1.54) is 5.06 Å². The van der Waals surface area contributed by atoms with Gasteiger partial charge in [0.25, 0.3) is 17.5 Å². The molecule has 17 nitrogen and oxygen atoms in total. The highest BCUT2D eigenvalue weighted by molar-refractivity contribution is 7.94. The van der Waals surface area contributed by atoms with Crippen molar-refractivity contribution in [2.45, 2.75) is 26.6 Å². The lowest BCUT2D eigenvalue weighted by molar-refractivity contribution is -0.385. The number of nitro benzene ring substituents is 1. The third-order valence-electron chi connectivity index (χ3n) is 6.42. The van der Waals surface area contributed by atoms with Crippen molar-refractivity contribution < 1.29 is 69.9 Å². The number of hydroxylamine groups is 2. The zero-order chi connectivity index (χ0) is 44.8. The summed E-state index contributed by atoms with van der Waals surface area (Å²) in [5.74, 6) is -2.84. The van der Waals surface area contributed by atoms with Crippen LogP contribution in [0.3, 0.4) is 0 Å². The zero-order valence-corrected chi connectivity index (χ0v) is 35.6. The number of nitrogens with one attached hydrogen (secondary N) is 2. The summed E-state index contributed by atoms with van der Waals surface area (Å²) in [5, 5.41) is 22.7. The lowest BCUT2D eigenvalue weighted by atomic mass is 9.95. The summed E-state index contributed by atoms with van der Waals surface area (Å²) in [6.07, 6.45) is 1.94. The predicted octanol–water partition coefficient (Wildman–Crippen LogP) is 5.05. The molecule has 4 rings (SSSR count). The third kappa shape index (κ3) is 19.6. The van der Waals surface area contributed by atoms with E-state index in [-0.39, 0.29) is 17.4 Å². The number of carboxylic acid groups (broad SMARTS) is 1. The molecule has 1 unspecified atom stereocenters. The summed E-state index contributed by atoms with van der Waals surface area (Å²) >= 11 is 11.8. The molecular formula is C33H40Cl2F3N4O13PS2. The van der Waals surface area contributed by atoms with Gasteiger partial charge in [-0.1, -0.05) is 41.4 Å². The molecule has 1 fully saturated rings. The number of nitro groups is 1. The van der Waals surface area contributed by atoms with Gasteiger partial charge in [-0.15, -0.1) is 0 Å². The first-order valence-electron chi connectivity index (χ1n) is 15.9. The summed E-state index contributed by atoms with van der Waals surface area (Å²) in [4.78, 5) is 67.2. The number of benzene rings is 3. The van der Waals surface area contributed by atoms with E-state index < -0.39 is 80.7 Å². The van der Waals surface area contributed by atoms with Crippen LogP contribution in [0, 0.1) is 15.5 Å². The Kier molecular flexibility index (Phi) is 20.1. The summed E-state index contributed by atoms with van der Waals surface area (Å²) in [6, 6.07) is 12.6. The molecule has 0 spiro atoms. The average Bonchev–Trinajstić information content (AvgIpc) is 3.31. The fraction of sp³-hybridized carbons (Fsp3) is 0.364. The molecule has 3 aromatic carbocycles. The molecule has 1 heterocycles. The number of hydrogen-bond acceptors (Lipinski definition) is 12. The fourth-order valence-corrected chi connectivity index (χ4v) is 5.19.